The molecule has 0 amide bonds. The van der Waals surface area contributed by atoms with Gasteiger partial charge in [-0.2, -0.15) is 28.6 Å². The first-order valence-electron chi connectivity index (χ1n) is 7.34. The number of nitrogens with zero attached hydrogens (tertiary/aromatic N) is 3. The van der Waals surface area contributed by atoms with Crippen LogP contribution in [0, 0.1) is 0 Å². The molecule has 1 aliphatic heterocycles. The summed E-state index contributed by atoms with van der Waals surface area (Å²) in [5.41, 5.74) is -0.735. The molecule has 0 spiro atoms. The van der Waals surface area contributed by atoms with Crippen molar-refractivity contribution in [3.05, 3.63) is 47.3 Å². The highest BCUT2D eigenvalue weighted by molar-refractivity contribution is 5.25. The second-order valence-electron chi connectivity index (χ2n) is 5.90. The molecule has 2 N–H and O–H groups in total. The number of aromatic amines is 1. The van der Waals surface area contributed by atoms with E-state index in [1.807, 2.05) is 4.90 Å². The van der Waals surface area contributed by atoms with E-state index in [4.69, 9.17) is 0 Å². The van der Waals surface area contributed by atoms with Gasteiger partial charge >= 0.3 is 6.18 Å². The summed E-state index contributed by atoms with van der Waals surface area (Å²) in [6, 6.07) is 5.29. The second kappa shape index (κ2) is 5.93. The normalized spacial score (nSPS) is 23.1. The van der Waals surface area contributed by atoms with E-state index < -0.39 is 17.3 Å². The first kappa shape index (κ1) is 15.9. The first-order valence-corrected chi connectivity index (χ1v) is 7.34. The lowest BCUT2D eigenvalue weighted by atomic mass is 9.90. The number of piperidine rings is 1. The Kier molecular flexibility index (Phi) is 4.11. The monoisotopic (exact) mass is 326 g/mol. The second-order valence-corrected chi connectivity index (χ2v) is 5.90. The third-order valence-corrected chi connectivity index (χ3v) is 4.10. The van der Waals surface area contributed by atoms with Gasteiger partial charge in [-0.25, -0.2) is 0 Å². The van der Waals surface area contributed by atoms with Crippen molar-refractivity contribution in [1.29, 1.82) is 0 Å². The lowest BCUT2D eigenvalue weighted by Gasteiger charge is -2.38. The molecule has 3 rings (SSSR count). The first-order chi connectivity index (χ1) is 10.9. The van der Waals surface area contributed by atoms with E-state index in [9.17, 15) is 18.3 Å². The average molecular weight is 326 g/mol. The van der Waals surface area contributed by atoms with Crippen LogP contribution in [0.25, 0.3) is 0 Å². The summed E-state index contributed by atoms with van der Waals surface area (Å²) in [6.07, 6.45) is -1.58. The minimum Gasteiger partial charge on any atom is -0.382 e. The Morgan fingerprint density at radius 2 is 2.17 bits per heavy atom. The van der Waals surface area contributed by atoms with Crippen LogP contribution in [0.4, 0.5) is 13.2 Å². The summed E-state index contributed by atoms with van der Waals surface area (Å²) < 4.78 is 38.3. The van der Waals surface area contributed by atoms with Crippen LogP contribution in [-0.2, 0) is 18.3 Å². The maximum absolute atomic E-state index is 12.8. The molecule has 23 heavy (non-hydrogen) atoms. The Morgan fingerprint density at radius 1 is 1.35 bits per heavy atom. The predicted octanol–water partition coefficient (Wildman–Crippen LogP) is 2.31. The topological polar surface area (TPSA) is 65.0 Å². The van der Waals surface area contributed by atoms with E-state index >= 15 is 0 Å². The molecule has 1 fully saturated rings. The summed E-state index contributed by atoms with van der Waals surface area (Å²) in [5, 5.41) is 20.8. The van der Waals surface area contributed by atoms with Gasteiger partial charge in [0, 0.05) is 13.1 Å². The Balaban J connectivity index is 1.73. The molecule has 1 atom stereocenters. The van der Waals surface area contributed by atoms with Gasteiger partial charge in [0.1, 0.15) is 11.3 Å². The fourth-order valence-corrected chi connectivity index (χ4v) is 3.00. The smallest absolute Gasteiger partial charge is 0.382 e. The minimum atomic E-state index is -4.35. The Hall–Kier alpha value is -1.93. The molecule has 5 nitrogen and oxygen atoms in total. The van der Waals surface area contributed by atoms with Crippen LogP contribution in [0.5, 0.6) is 0 Å². The minimum absolute atomic E-state index is 0.315. The van der Waals surface area contributed by atoms with Crippen molar-refractivity contribution in [1.82, 2.24) is 20.3 Å². The van der Waals surface area contributed by atoms with E-state index in [1.165, 1.54) is 12.3 Å². The van der Waals surface area contributed by atoms with E-state index in [0.29, 0.717) is 30.8 Å². The van der Waals surface area contributed by atoms with Gasteiger partial charge in [0.2, 0.25) is 0 Å². The Bertz CT molecular complexity index is 659. The predicted molar refractivity (Wildman–Crippen MR) is 76.2 cm³/mol. The van der Waals surface area contributed by atoms with Gasteiger partial charge in [-0.1, -0.05) is 18.2 Å². The van der Waals surface area contributed by atoms with Crippen LogP contribution in [0.3, 0.4) is 0 Å². The lowest BCUT2D eigenvalue weighted by Crippen LogP contribution is -2.45. The molecule has 8 heteroatoms. The number of likely N-dealkylation sites (tertiary alicyclic amines) is 1. The van der Waals surface area contributed by atoms with Crippen molar-refractivity contribution >= 4 is 0 Å². The number of alkyl halides is 3. The molecule has 0 saturated carbocycles. The summed E-state index contributed by atoms with van der Waals surface area (Å²) in [7, 11) is 0. The van der Waals surface area contributed by atoms with E-state index in [1.54, 1.807) is 6.07 Å². The number of aliphatic hydroxyl groups is 1. The molecule has 1 aromatic carbocycles. The van der Waals surface area contributed by atoms with Crippen molar-refractivity contribution in [3.8, 4) is 0 Å². The SMILES string of the molecule is OC1(c2cn[nH]n2)CCCN(Cc2cccc(C(F)(F)F)c2)C1. The van der Waals surface area contributed by atoms with Gasteiger partial charge in [-0.05, 0) is 31.0 Å². The van der Waals surface area contributed by atoms with Crippen LogP contribution in [0.15, 0.2) is 30.5 Å². The molecule has 2 heterocycles. The van der Waals surface area contributed by atoms with Gasteiger partial charge in [0.25, 0.3) is 0 Å². The van der Waals surface area contributed by atoms with Crippen LogP contribution in [0.1, 0.15) is 29.7 Å². The zero-order valence-corrected chi connectivity index (χ0v) is 12.3. The summed E-state index contributed by atoms with van der Waals surface area (Å²) in [4.78, 5) is 1.94. The van der Waals surface area contributed by atoms with Crippen molar-refractivity contribution < 1.29 is 18.3 Å². The molecule has 0 aliphatic carbocycles. The molecule has 1 saturated heterocycles. The van der Waals surface area contributed by atoms with E-state index in [2.05, 4.69) is 15.4 Å². The molecule has 1 aromatic heterocycles. The highest BCUT2D eigenvalue weighted by Crippen LogP contribution is 2.32. The maximum atomic E-state index is 12.8. The number of aromatic nitrogens is 3. The highest BCUT2D eigenvalue weighted by atomic mass is 19.4. The number of benzene rings is 1. The molecule has 1 aliphatic rings. The van der Waals surface area contributed by atoms with Crippen molar-refractivity contribution in [3.63, 3.8) is 0 Å². The van der Waals surface area contributed by atoms with Crippen molar-refractivity contribution in [2.45, 2.75) is 31.2 Å². The Labute approximate surface area is 131 Å². The van der Waals surface area contributed by atoms with E-state index in [0.717, 1.165) is 25.1 Å². The highest BCUT2D eigenvalue weighted by Gasteiger charge is 2.37. The van der Waals surface area contributed by atoms with Crippen LogP contribution in [-0.4, -0.2) is 38.5 Å². The number of hydrogen-bond donors (Lipinski definition) is 2. The van der Waals surface area contributed by atoms with Crippen LogP contribution >= 0.6 is 0 Å². The zero-order chi connectivity index (χ0) is 16.5. The molecular formula is C15H17F3N4O. The fourth-order valence-electron chi connectivity index (χ4n) is 3.00. The quantitative estimate of drug-likeness (QED) is 0.908. The summed E-state index contributed by atoms with van der Waals surface area (Å²) in [6.45, 7) is 1.39. The van der Waals surface area contributed by atoms with Gasteiger partial charge in [0.15, 0.2) is 0 Å². The van der Waals surface area contributed by atoms with Crippen LogP contribution < -0.4 is 0 Å². The number of nitrogens with one attached hydrogen (secondary N) is 1. The van der Waals surface area contributed by atoms with Crippen molar-refractivity contribution in [2.75, 3.05) is 13.1 Å². The number of halogens is 3. The maximum Gasteiger partial charge on any atom is 0.416 e. The molecular weight excluding hydrogens is 309 g/mol. The number of H-pyrrole nitrogens is 1. The van der Waals surface area contributed by atoms with Gasteiger partial charge in [-0.15, -0.1) is 0 Å². The molecule has 124 valence electrons. The molecule has 1 unspecified atom stereocenters. The Morgan fingerprint density at radius 3 is 2.87 bits per heavy atom. The fraction of sp³-hybridized carbons (Fsp3) is 0.467. The molecule has 2 aromatic rings. The average Bonchev–Trinajstić information content (AvgIpc) is 3.02. The summed E-state index contributed by atoms with van der Waals surface area (Å²) in [5.74, 6) is 0. The summed E-state index contributed by atoms with van der Waals surface area (Å²) >= 11 is 0. The molecule has 0 bridgehead atoms. The van der Waals surface area contributed by atoms with Gasteiger partial charge in [-0.3, -0.25) is 4.90 Å². The standard InChI is InChI=1S/C15H17F3N4O/c16-15(17,18)12-4-1-3-11(7-12)9-22-6-2-5-14(23,10-22)13-8-19-21-20-13/h1,3-4,7-8,23H,2,5-6,9-10H2,(H,19,20,21). The van der Waals surface area contributed by atoms with Crippen molar-refractivity contribution in [2.24, 2.45) is 0 Å². The largest absolute Gasteiger partial charge is 0.416 e. The van der Waals surface area contributed by atoms with E-state index in [-0.39, 0.29) is 0 Å². The van der Waals surface area contributed by atoms with Gasteiger partial charge < -0.3 is 5.11 Å². The number of hydrogen-bond acceptors (Lipinski definition) is 4. The lowest BCUT2D eigenvalue weighted by molar-refractivity contribution is -0.137. The third-order valence-electron chi connectivity index (χ3n) is 4.10. The third kappa shape index (κ3) is 3.53. The molecule has 0 radical (unpaired) electrons. The zero-order valence-electron chi connectivity index (χ0n) is 12.3. The van der Waals surface area contributed by atoms with Gasteiger partial charge in [0.05, 0.1) is 11.8 Å². The van der Waals surface area contributed by atoms with Crippen LogP contribution in [0.2, 0.25) is 0 Å². The number of rotatable bonds is 3. The number of β-amino-alcohol motifs (C(OH)–C–C–N with tert-alkyl or cyclic N) is 1.